The average molecular weight is 572 g/mol. The Labute approximate surface area is 222 Å². The summed E-state index contributed by atoms with van der Waals surface area (Å²) in [5.41, 5.74) is 2.49. The van der Waals surface area contributed by atoms with Crippen LogP contribution in [0.5, 0.6) is 0 Å². The van der Waals surface area contributed by atoms with Gasteiger partial charge in [-0.05, 0) is 49.1 Å². The van der Waals surface area contributed by atoms with Gasteiger partial charge in [-0.25, -0.2) is 8.42 Å². The summed E-state index contributed by atoms with van der Waals surface area (Å²) < 4.78 is 33.1. The van der Waals surface area contributed by atoms with Crippen molar-refractivity contribution in [2.24, 2.45) is 22.5 Å². The second kappa shape index (κ2) is 9.51. The van der Waals surface area contributed by atoms with Gasteiger partial charge in [-0.3, -0.25) is 9.59 Å². The number of rotatable bonds is 8. The van der Waals surface area contributed by atoms with E-state index < -0.39 is 49.8 Å². The third kappa shape index (κ3) is 4.25. The van der Waals surface area contributed by atoms with E-state index in [1.807, 2.05) is 6.07 Å². The van der Waals surface area contributed by atoms with Gasteiger partial charge in [0.25, 0.3) is 0 Å². The SMILES string of the molecule is N#CC1(C(N)=O)CC1[C@@]1(C(=O)O)C[C@H](S(=O)(=O)c2ccccc2Cl)C[C@@H]1OCc1ccc(Cl)c(Cl)c1. The quantitative estimate of drug-likeness (QED) is 0.481. The first-order valence-electron chi connectivity index (χ1n) is 10.9. The summed E-state index contributed by atoms with van der Waals surface area (Å²) in [6, 6.07) is 12.5. The molecule has 8 nitrogen and oxygen atoms in total. The number of nitrogens with zero attached hydrogens (tertiary/aromatic N) is 1. The van der Waals surface area contributed by atoms with E-state index in [0.717, 1.165) is 0 Å². The molecule has 2 aliphatic carbocycles. The van der Waals surface area contributed by atoms with Gasteiger partial charge in [-0.15, -0.1) is 0 Å². The molecule has 2 unspecified atom stereocenters. The van der Waals surface area contributed by atoms with Gasteiger partial charge in [0.2, 0.25) is 5.91 Å². The van der Waals surface area contributed by atoms with Crippen molar-refractivity contribution in [2.45, 2.75) is 42.1 Å². The van der Waals surface area contributed by atoms with Gasteiger partial charge in [-0.2, -0.15) is 5.26 Å². The number of primary amides is 1. The number of carbonyl (C=O) groups is 2. The highest BCUT2D eigenvalue weighted by Crippen LogP contribution is 2.67. The molecule has 0 bridgehead atoms. The number of nitriles is 1. The van der Waals surface area contributed by atoms with E-state index in [-0.39, 0.29) is 40.8 Å². The largest absolute Gasteiger partial charge is 0.481 e. The Morgan fingerprint density at radius 3 is 2.36 bits per heavy atom. The zero-order valence-corrected chi connectivity index (χ0v) is 21.7. The Morgan fingerprint density at radius 2 is 1.81 bits per heavy atom. The van der Waals surface area contributed by atoms with Crippen LogP contribution in [0.4, 0.5) is 0 Å². The maximum absolute atomic E-state index is 13.6. The maximum atomic E-state index is 13.6. The third-order valence-corrected chi connectivity index (χ3v) is 10.6. The predicted molar refractivity (Wildman–Crippen MR) is 132 cm³/mol. The van der Waals surface area contributed by atoms with Crippen molar-refractivity contribution >= 4 is 56.5 Å². The molecule has 190 valence electrons. The summed E-state index contributed by atoms with van der Waals surface area (Å²) in [7, 11) is -4.09. The fourth-order valence-electron chi connectivity index (χ4n) is 5.25. The molecule has 2 aliphatic rings. The van der Waals surface area contributed by atoms with Crippen molar-refractivity contribution in [1.29, 1.82) is 5.26 Å². The van der Waals surface area contributed by atoms with Crippen molar-refractivity contribution in [3.05, 3.63) is 63.1 Å². The highest BCUT2D eigenvalue weighted by molar-refractivity contribution is 7.92. The van der Waals surface area contributed by atoms with Gasteiger partial charge in [-0.1, -0.05) is 53.0 Å². The lowest BCUT2D eigenvalue weighted by molar-refractivity contribution is -0.161. The number of carboxylic acid groups (broad SMARTS) is 1. The van der Waals surface area contributed by atoms with Gasteiger partial charge >= 0.3 is 5.97 Å². The van der Waals surface area contributed by atoms with Crippen LogP contribution < -0.4 is 5.73 Å². The molecule has 12 heteroatoms. The topological polar surface area (TPSA) is 148 Å². The van der Waals surface area contributed by atoms with Crippen LogP contribution in [0.25, 0.3) is 0 Å². The smallest absolute Gasteiger partial charge is 0.312 e. The molecule has 2 saturated carbocycles. The van der Waals surface area contributed by atoms with E-state index in [1.165, 1.54) is 18.2 Å². The normalized spacial score (nSPS) is 29.4. The number of hydrogen-bond donors (Lipinski definition) is 2. The molecule has 36 heavy (non-hydrogen) atoms. The first-order chi connectivity index (χ1) is 16.9. The Balaban J connectivity index is 1.75. The van der Waals surface area contributed by atoms with E-state index in [0.29, 0.717) is 10.6 Å². The first-order valence-corrected chi connectivity index (χ1v) is 13.6. The number of carbonyl (C=O) groups excluding carboxylic acids is 1. The second-order valence-corrected chi connectivity index (χ2v) is 12.6. The van der Waals surface area contributed by atoms with Crippen LogP contribution >= 0.6 is 34.8 Å². The lowest BCUT2D eigenvalue weighted by Gasteiger charge is -2.32. The predicted octanol–water partition coefficient (Wildman–Crippen LogP) is 4.25. The maximum Gasteiger partial charge on any atom is 0.312 e. The molecule has 1 amide bonds. The second-order valence-electron chi connectivity index (χ2n) is 9.14. The Kier molecular flexibility index (Phi) is 7.05. The van der Waals surface area contributed by atoms with Crippen molar-refractivity contribution in [1.82, 2.24) is 0 Å². The van der Waals surface area contributed by atoms with Crippen molar-refractivity contribution < 1.29 is 27.9 Å². The average Bonchev–Trinajstić information content (AvgIpc) is 3.46. The standard InChI is InChI=1S/C24H21Cl3N2O6S/c25-15-6-5-13(7-17(15)27)11-35-20-8-14(36(33,34)18-4-2-1-3-16(18)26)9-24(20,22(31)32)19-10-23(19,12-28)21(29)30/h1-7,14,19-20H,8-11H2,(H2,29,30)(H,31,32)/t14-,19?,20+,23?,24+/m1/s1. The minimum atomic E-state index is -4.09. The van der Waals surface area contributed by atoms with E-state index in [9.17, 15) is 28.4 Å². The molecule has 0 radical (unpaired) electrons. The van der Waals surface area contributed by atoms with Crippen LogP contribution in [0.2, 0.25) is 15.1 Å². The molecule has 2 aromatic carbocycles. The zero-order valence-electron chi connectivity index (χ0n) is 18.7. The van der Waals surface area contributed by atoms with Crippen LogP contribution in [-0.2, 0) is 30.8 Å². The van der Waals surface area contributed by atoms with Crippen LogP contribution in [0.1, 0.15) is 24.8 Å². The monoisotopic (exact) mass is 570 g/mol. The van der Waals surface area contributed by atoms with Gasteiger partial charge in [0.05, 0.1) is 44.0 Å². The Hall–Kier alpha value is -2.35. The summed E-state index contributed by atoms with van der Waals surface area (Å²) in [5, 5.41) is 19.6. The van der Waals surface area contributed by atoms with Crippen LogP contribution in [0.15, 0.2) is 47.4 Å². The molecular formula is C24H21Cl3N2O6S. The van der Waals surface area contributed by atoms with E-state index in [2.05, 4.69) is 0 Å². The van der Waals surface area contributed by atoms with Crippen molar-refractivity contribution in [3.63, 3.8) is 0 Å². The molecule has 0 aromatic heterocycles. The minimum Gasteiger partial charge on any atom is -0.481 e. The number of benzene rings is 2. The molecule has 2 fully saturated rings. The summed E-state index contributed by atoms with van der Waals surface area (Å²) in [6.45, 7) is -0.0989. The highest BCUT2D eigenvalue weighted by atomic mass is 35.5. The molecule has 5 atom stereocenters. The summed E-state index contributed by atoms with van der Waals surface area (Å²) in [6.07, 6.45) is -1.80. The number of halogens is 3. The number of hydrogen-bond acceptors (Lipinski definition) is 6. The fourth-order valence-corrected chi connectivity index (χ4v) is 7.92. The van der Waals surface area contributed by atoms with Gasteiger partial charge in [0.15, 0.2) is 9.84 Å². The molecule has 4 rings (SSSR count). The molecule has 0 saturated heterocycles. The molecule has 0 heterocycles. The molecule has 3 N–H and O–H groups in total. The molecule has 0 spiro atoms. The Morgan fingerprint density at radius 1 is 1.11 bits per heavy atom. The molecule has 2 aromatic rings. The van der Waals surface area contributed by atoms with Crippen molar-refractivity contribution in [2.75, 3.05) is 0 Å². The number of sulfone groups is 1. The van der Waals surface area contributed by atoms with E-state index in [4.69, 9.17) is 45.3 Å². The highest BCUT2D eigenvalue weighted by Gasteiger charge is 2.75. The molecular weight excluding hydrogens is 551 g/mol. The number of nitrogens with two attached hydrogens (primary N) is 1. The van der Waals surface area contributed by atoms with Crippen molar-refractivity contribution in [3.8, 4) is 6.07 Å². The lowest BCUT2D eigenvalue weighted by atomic mass is 9.75. The number of ether oxygens (including phenoxy) is 1. The van der Waals surface area contributed by atoms with E-state index in [1.54, 1.807) is 24.3 Å². The number of carboxylic acids is 1. The van der Waals surface area contributed by atoms with Gasteiger partial charge < -0.3 is 15.6 Å². The van der Waals surface area contributed by atoms with Crippen LogP contribution in [0, 0.1) is 28.1 Å². The third-order valence-electron chi connectivity index (χ3n) is 7.25. The van der Waals surface area contributed by atoms with Crippen LogP contribution in [0.3, 0.4) is 0 Å². The number of aliphatic carboxylic acids is 1. The zero-order chi connectivity index (χ0) is 26.5. The Bertz CT molecular complexity index is 1390. The summed E-state index contributed by atoms with van der Waals surface area (Å²) in [4.78, 5) is 24.8. The fraction of sp³-hybridized carbons (Fsp3) is 0.375. The van der Waals surface area contributed by atoms with Crippen LogP contribution in [-0.4, -0.2) is 36.8 Å². The first kappa shape index (κ1) is 26.7. The summed E-state index contributed by atoms with van der Waals surface area (Å²) in [5.74, 6) is -3.33. The number of amides is 1. The summed E-state index contributed by atoms with van der Waals surface area (Å²) >= 11 is 18.2. The minimum absolute atomic E-state index is 0.00790. The lowest BCUT2D eigenvalue weighted by Crippen LogP contribution is -2.45. The van der Waals surface area contributed by atoms with Gasteiger partial charge in [0.1, 0.15) is 10.8 Å². The van der Waals surface area contributed by atoms with Gasteiger partial charge in [0, 0.05) is 5.92 Å². The molecule has 0 aliphatic heterocycles. The van der Waals surface area contributed by atoms with E-state index >= 15 is 0 Å².